The highest BCUT2D eigenvalue weighted by atomic mass is 16.1. The monoisotopic (exact) mass is 254 g/mol. The standard InChI is InChI=1S/C18H22O/c1-14-16-10-6-12-18(14,13-16)17(19)11-5-9-15-7-3-2-4-8-15/h2-5,7-9,14,16H,6,10-13H2,1H3/b9-5+. The number of carbonyl (C=O) groups is 1. The molecule has 4 rings (SSSR count). The van der Waals surface area contributed by atoms with E-state index in [1.165, 1.54) is 18.4 Å². The molecule has 3 fully saturated rings. The minimum absolute atomic E-state index is 0.0456. The van der Waals surface area contributed by atoms with Gasteiger partial charge in [-0.2, -0.15) is 0 Å². The second-order valence-electron chi connectivity index (χ2n) is 6.24. The van der Waals surface area contributed by atoms with Crippen molar-refractivity contribution in [3.8, 4) is 0 Å². The molecule has 3 unspecified atom stereocenters. The van der Waals surface area contributed by atoms with E-state index >= 15 is 0 Å². The zero-order valence-electron chi connectivity index (χ0n) is 11.6. The largest absolute Gasteiger partial charge is 0.299 e. The van der Waals surface area contributed by atoms with Gasteiger partial charge in [0.1, 0.15) is 5.78 Å². The summed E-state index contributed by atoms with van der Waals surface area (Å²) in [7, 11) is 0. The van der Waals surface area contributed by atoms with Gasteiger partial charge < -0.3 is 0 Å². The van der Waals surface area contributed by atoms with Crippen molar-refractivity contribution in [3.05, 3.63) is 42.0 Å². The molecule has 1 aromatic rings. The molecular formula is C18H22O. The summed E-state index contributed by atoms with van der Waals surface area (Å²) in [5.74, 6) is 1.93. The Morgan fingerprint density at radius 3 is 2.84 bits per heavy atom. The Kier molecular flexibility index (Phi) is 3.30. The molecule has 3 aliphatic carbocycles. The zero-order valence-corrected chi connectivity index (χ0v) is 11.6. The molecule has 100 valence electrons. The quantitative estimate of drug-likeness (QED) is 0.774. The molecule has 0 aliphatic heterocycles. The second-order valence-corrected chi connectivity index (χ2v) is 6.24. The third-order valence-corrected chi connectivity index (χ3v) is 5.37. The van der Waals surface area contributed by atoms with Crippen LogP contribution in [0.3, 0.4) is 0 Å². The van der Waals surface area contributed by atoms with Crippen LogP contribution in [0.15, 0.2) is 36.4 Å². The van der Waals surface area contributed by atoms with Gasteiger partial charge in [-0.1, -0.05) is 62.2 Å². The predicted octanol–water partition coefficient (Wildman–Crippen LogP) is 4.49. The molecular weight excluding hydrogens is 232 g/mol. The lowest BCUT2D eigenvalue weighted by atomic mass is 9.46. The maximum atomic E-state index is 12.5. The summed E-state index contributed by atoms with van der Waals surface area (Å²) in [5.41, 5.74) is 1.22. The fraction of sp³-hybridized carbons (Fsp3) is 0.500. The molecule has 2 bridgehead atoms. The van der Waals surface area contributed by atoms with E-state index in [2.05, 4.69) is 25.1 Å². The van der Waals surface area contributed by atoms with Crippen LogP contribution in [0.5, 0.6) is 0 Å². The highest BCUT2D eigenvalue weighted by molar-refractivity contribution is 5.88. The minimum atomic E-state index is 0.0456. The molecule has 3 saturated carbocycles. The van der Waals surface area contributed by atoms with Gasteiger partial charge in [-0.15, -0.1) is 0 Å². The molecule has 1 aromatic carbocycles. The first-order valence-corrected chi connectivity index (χ1v) is 7.47. The van der Waals surface area contributed by atoms with Gasteiger partial charge in [-0.3, -0.25) is 4.79 Å². The van der Waals surface area contributed by atoms with Gasteiger partial charge in [-0.25, -0.2) is 0 Å². The fourth-order valence-corrected chi connectivity index (χ4v) is 4.06. The van der Waals surface area contributed by atoms with Crippen molar-refractivity contribution in [2.75, 3.05) is 0 Å². The second kappa shape index (κ2) is 4.96. The summed E-state index contributed by atoms with van der Waals surface area (Å²) in [4.78, 5) is 12.5. The minimum Gasteiger partial charge on any atom is -0.299 e. The van der Waals surface area contributed by atoms with Crippen molar-refractivity contribution >= 4 is 11.9 Å². The van der Waals surface area contributed by atoms with E-state index in [1.54, 1.807) is 0 Å². The van der Waals surface area contributed by atoms with E-state index in [0.717, 1.165) is 18.8 Å². The lowest BCUT2D eigenvalue weighted by molar-refractivity contribution is -0.152. The SMILES string of the molecule is CC1C2CCCC1(C(=O)C/C=C/c1ccccc1)C2. The lowest BCUT2D eigenvalue weighted by Crippen LogP contribution is -2.54. The first kappa shape index (κ1) is 12.7. The van der Waals surface area contributed by atoms with Crippen LogP contribution < -0.4 is 0 Å². The molecule has 0 aromatic heterocycles. The number of allylic oxidation sites excluding steroid dienone is 1. The summed E-state index contributed by atoms with van der Waals surface area (Å²) in [6, 6.07) is 10.2. The Bertz CT molecular complexity index is 484. The first-order valence-electron chi connectivity index (χ1n) is 7.47. The highest BCUT2D eigenvalue weighted by Gasteiger charge is 2.56. The molecule has 19 heavy (non-hydrogen) atoms. The van der Waals surface area contributed by atoms with E-state index in [9.17, 15) is 4.79 Å². The Morgan fingerprint density at radius 2 is 2.16 bits per heavy atom. The van der Waals surface area contributed by atoms with Crippen molar-refractivity contribution in [2.24, 2.45) is 17.3 Å². The highest BCUT2D eigenvalue weighted by Crippen LogP contribution is 2.60. The molecule has 0 radical (unpaired) electrons. The van der Waals surface area contributed by atoms with E-state index in [1.807, 2.05) is 24.3 Å². The van der Waals surface area contributed by atoms with Gasteiger partial charge in [0, 0.05) is 11.8 Å². The van der Waals surface area contributed by atoms with Crippen molar-refractivity contribution in [1.29, 1.82) is 0 Å². The number of hydrogen-bond donors (Lipinski definition) is 0. The van der Waals surface area contributed by atoms with Gasteiger partial charge in [0.25, 0.3) is 0 Å². The van der Waals surface area contributed by atoms with Crippen molar-refractivity contribution in [2.45, 2.75) is 39.0 Å². The maximum Gasteiger partial charge on any atom is 0.143 e. The zero-order chi connectivity index (χ0) is 13.3. The average molecular weight is 254 g/mol. The summed E-state index contributed by atoms with van der Waals surface area (Å²) in [6.45, 7) is 2.28. The van der Waals surface area contributed by atoms with Gasteiger partial charge in [0.15, 0.2) is 0 Å². The van der Waals surface area contributed by atoms with Crippen LogP contribution in [0.4, 0.5) is 0 Å². The summed E-state index contributed by atoms with van der Waals surface area (Å²) >= 11 is 0. The van der Waals surface area contributed by atoms with Crippen LogP contribution in [-0.4, -0.2) is 5.78 Å². The normalized spacial score (nSPS) is 33.1. The van der Waals surface area contributed by atoms with Crippen LogP contribution in [-0.2, 0) is 4.79 Å². The fourth-order valence-electron chi connectivity index (χ4n) is 4.06. The number of ketones is 1. The Morgan fingerprint density at radius 1 is 1.37 bits per heavy atom. The van der Waals surface area contributed by atoms with Crippen LogP contribution in [0, 0.1) is 17.3 Å². The Balaban J connectivity index is 1.62. The average Bonchev–Trinajstić information content (AvgIpc) is 2.48. The van der Waals surface area contributed by atoms with Gasteiger partial charge in [0.2, 0.25) is 0 Å². The smallest absolute Gasteiger partial charge is 0.143 e. The molecule has 0 amide bonds. The molecule has 0 N–H and O–H groups in total. The number of fused-ring (bicyclic) bond motifs is 2. The van der Waals surface area contributed by atoms with Gasteiger partial charge in [-0.05, 0) is 30.2 Å². The van der Waals surface area contributed by atoms with E-state index in [0.29, 0.717) is 18.1 Å². The number of benzene rings is 1. The summed E-state index contributed by atoms with van der Waals surface area (Å²) in [5, 5.41) is 0. The van der Waals surface area contributed by atoms with Crippen LogP contribution in [0.25, 0.3) is 6.08 Å². The summed E-state index contributed by atoms with van der Waals surface area (Å²) < 4.78 is 0. The molecule has 0 heterocycles. The number of rotatable bonds is 4. The third-order valence-electron chi connectivity index (χ3n) is 5.37. The number of Topliss-reactive ketones (excluding diaryl/α,β-unsaturated/α-hetero) is 1. The number of carbonyl (C=O) groups excluding carboxylic acids is 1. The molecule has 1 nitrogen and oxygen atoms in total. The van der Waals surface area contributed by atoms with Crippen LogP contribution >= 0.6 is 0 Å². The van der Waals surface area contributed by atoms with Crippen molar-refractivity contribution in [3.63, 3.8) is 0 Å². The third kappa shape index (κ3) is 2.16. The Labute approximate surface area is 115 Å². The number of hydrogen-bond acceptors (Lipinski definition) is 1. The maximum absolute atomic E-state index is 12.5. The van der Waals surface area contributed by atoms with E-state index in [4.69, 9.17) is 0 Å². The van der Waals surface area contributed by atoms with Crippen LogP contribution in [0.2, 0.25) is 0 Å². The van der Waals surface area contributed by atoms with E-state index < -0.39 is 0 Å². The Hall–Kier alpha value is -1.37. The van der Waals surface area contributed by atoms with Crippen molar-refractivity contribution in [1.82, 2.24) is 0 Å². The molecule has 0 spiro atoms. The summed E-state index contributed by atoms with van der Waals surface area (Å²) in [6.07, 6.45) is 9.60. The molecule has 3 atom stereocenters. The van der Waals surface area contributed by atoms with Crippen LogP contribution in [0.1, 0.15) is 44.6 Å². The van der Waals surface area contributed by atoms with Crippen molar-refractivity contribution < 1.29 is 4.79 Å². The van der Waals surface area contributed by atoms with Gasteiger partial charge >= 0.3 is 0 Å². The van der Waals surface area contributed by atoms with E-state index in [-0.39, 0.29) is 5.41 Å². The van der Waals surface area contributed by atoms with Gasteiger partial charge in [0.05, 0.1) is 0 Å². The molecule has 0 saturated heterocycles. The topological polar surface area (TPSA) is 17.1 Å². The molecule has 3 aliphatic rings. The first-order chi connectivity index (χ1) is 9.22. The predicted molar refractivity (Wildman–Crippen MR) is 78.7 cm³/mol. The molecule has 1 heteroatoms. The lowest BCUT2D eigenvalue weighted by Gasteiger charge is -2.57.